The van der Waals surface area contributed by atoms with Crippen LogP contribution in [0.15, 0.2) is 49.0 Å². The molecule has 0 atom stereocenters. The third kappa shape index (κ3) is 5.56. The van der Waals surface area contributed by atoms with Gasteiger partial charge in [-0.1, -0.05) is 43.8 Å². The third-order valence-electron chi connectivity index (χ3n) is 5.11. The van der Waals surface area contributed by atoms with Crippen LogP contribution in [0.25, 0.3) is 5.57 Å². The van der Waals surface area contributed by atoms with Gasteiger partial charge in [0.1, 0.15) is 5.75 Å². The van der Waals surface area contributed by atoms with Crippen molar-refractivity contribution in [3.63, 3.8) is 0 Å². The molecule has 0 saturated carbocycles. The molecule has 2 aromatic carbocycles. The van der Waals surface area contributed by atoms with Crippen molar-refractivity contribution in [1.82, 2.24) is 0 Å². The predicted octanol–water partition coefficient (Wildman–Crippen LogP) is 5.66. The van der Waals surface area contributed by atoms with Crippen LogP contribution >= 0.6 is 0 Å². The average Bonchev–Trinajstić information content (AvgIpc) is 2.74. The summed E-state index contributed by atoms with van der Waals surface area (Å²) in [4.78, 5) is 12.6. The number of hydrogen-bond donors (Lipinski definition) is 0. The summed E-state index contributed by atoms with van der Waals surface area (Å²) in [5, 5.41) is 0. The van der Waals surface area contributed by atoms with Crippen molar-refractivity contribution in [2.45, 2.75) is 45.4 Å². The molecule has 1 aliphatic rings. The van der Waals surface area contributed by atoms with Gasteiger partial charge in [-0.15, -0.1) is 0 Å². The lowest BCUT2D eigenvalue weighted by molar-refractivity contribution is 0.0984. The second-order valence-electron chi connectivity index (χ2n) is 7.36. The van der Waals surface area contributed by atoms with Gasteiger partial charge in [0.2, 0.25) is 0 Å². The second-order valence-corrected chi connectivity index (χ2v) is 7.36. The van der Waals surface area contributed by atoms with E-state index in [2.05, 4.69) is 37.8 Å². The van der Waals surface area contributed by atoms with E-state index in [4.69, 9.17) is 9.47 Å². The fraction of sp³-hybridized carbons (Fsp3) is 0.400. The van der Waals surface area contributed by atoms with Crippen LogP contribution in [0.3, 0.4) is 0 Å². The van der Waals surface area contributed by atoms with Gasteiger partial charge in [-0.05, 0) is 66.5 Å². The molecule has 0 N–H and O–H groups in total. The molecule has 0 radical (unpaired) electrons. The lowest BCUT2D eigenvalue weighted by Gasteiger charge is -2.18. The highest BCUT2D eigenvalue weighted by molar-refractivity contribution is 5.97. The lowest BCUT2D eigenvalue weighted by Crippen LogP contribution is -2.08. The summed E-state index contributed by atoms with van der Waals surface area (Å²) >= 11 is 0. The molecular formula is C25H30O3. The summed E-state index contributed by atoms with van der Waals surface area (Å²) < 4.78 is 11.3. The van der Waals surface area contributed by atoms with Crippen LogP contribution in [0.2, 0.25) is 0 Å². The van der Waals surface area contributed by atoms with Gasteiger partial charge in [0.15, 0.2) is 5.78 Å². The molecule has 0 bridgehead atoms. The maximum absolute atomic E-state index is 12.6. The van der Waals surface area contributed by atoms with Crippen molar-refractivity contribution in [3.8, 4) is 5.75 Å². The van der Waals surface area contributed by atoms with Gasteiger partial charge >= 0.3 is 0 Å². The number of hydrogen-bond acceptors (Lipinski definition) is 3. The van der Waals surface area contributed by atoms with E-state index in [1.807, 2.05) is 18.2 Å². The first-order valence-corrected chi connectivity index (χ1v) is 10.3. The van der Waals surface area contributed by atoms with Gasteiger partial charge in [-0.25, -0.2) is 0 Å². The molecule has 2 aromatic rings. The largest absolute Gasteiger partial charge is 0.493 e. The molecule has 0 amide bonds. The van der Waals surface area contributed by atoms with Gasteiger partial charge in [0, 0.05) is 18.6 Å². The molecule has 148 valence electrons. The van der Waals surface area contributed by atoms with Crippen LogP contribution in [0.5, 0.6) is 5.75 Å². The maximum Gasteiger partial charge on any atom is 0.163 e. The summed E-state index contributed by atoms with van der Waals surface area (Å²) in [6, 6.07) is 14.2. The number of fused-ring (bicyclic) bond motifs is 1. The Morgan fingerprint density at radius 1 is 1.11 bits per heavy atom. The first kappa shape index (κ1) is 20.3. The third-order valence-corrected chi connectivity index (χ3v) is 5.11. The quantitative estimate of drug-likeness (QED) is 0.395. The number of allylic oxidation sites excluding steroid dienone is 1. The molecule has 1 heterocycles. The Kier molecular flexibility index (Phi) is 7.44. The number of rotatable bonds is 10. The smallest absolute Gasteiger partial charge is 0.163 e. The van der Waals surface area contributed by atoms with Crippen LogP contribution in [0.1, 0.15) is 59.7 Å². The van der Waals surface area contributed by atoms with Crippen molar-refractivity contribution in [2.75, 3.05) is 19.8 Å². The van der Waals surface area contributed by atoms with Crippen molar-refractivity contribution < 1.29 is 14.3 Å². The van der Waals surface area contributed by atoms with Crippen molar-refractivity contribution >= 4 is 11.4 Å². The fourth-order valence-corrected chi connectivity index (χ4v) is 3.45. The van der Waals surface area contributed by atoms with Crippen LogP contribution in [-0.2, 0) is 17.6 Å². The van der Waals surface area contributed by atoms with Crippen molar-refractivity contribution in [1.29, 1.82) is 0 Å². The Hall–Kier alpha value is -2.39. The zero-order valence-electron chi connectivity index (χ0n) is 16.8. The molecule has 0 saturated heterocycles. The van der Waals surface area contributed by atoms with Gasteiger partial charge in [-0.3, -0.25) is 4.79 Å². The van der Waals surface area contributed by atoms with Crippen LogP contribution in [0.4, 0.5) is 0 Å². The Bertz CT molecular complexity index is 822. The standard InChI is InChI=1S/C25H30O3/c1-3-14-27-16-13-20-6-4-7-23(17-20)24(26)12-9-19(2)22-11-10-21-8-5-15-28-25(21)18-22/h4,6-7,10-11,17-18H,2-3,5,8-9,12-16H2,1H3. The topological polar surface area (TPSA) is 35.5 Å². The number of ether oxygens (including phenoxy) is 2. The van der Waals surface area contributed by atoms with Gasteiger partial charge in [0.25, 0.3) is 0 Å². The monoisotopic (exact) mass is 378 g/mol. The highest BCUT2D eigenvalue weighted by Gasteiger charge is 2.13. The molecule has 0 fully saturated rings. The molecule has 0 unspecified atom stereocenters. The summed E-state index contributed by atoms with van der Waals surface area (Å²) in [7, 11) is 0. The summed E-state index contributed by atoms with van der Waals surface area (Å²) in [5.74, 6) is 1.13. The van der Waals surface area contributed by atoms with E-state index >= 15 is 0 Å². The minimum Gasteiger partial charge on any atom is -0.493 e. The molecule has 0 aromatic heterocycles. The van der Waals surface area contributed by atoms with Crippen LogP contribution in [-0.4, -0.2) is 25.6 Å². The fourth-order valence-electron chi connectivity index (χ4n) is 3.45. The van der Waals surface area contributed by atoms with E-state index in [1.165, 1.54) is 5.56 Å². The van der Waals surface area contributed by atoms with Gasteiger partial charge in [-0.2, -0.15) is 0 Å². The van der Waals surface area contributed by atoms with E-state index in [0.717, 1.165) is 66.9 Å². The minimum atomic E-state index is 0.159. The van der Waals surface area contributed by atoms with Crippen molar-refractivity contribution in [3.05, 3.63) is 71.3 Å². The highest BCUT2D eigenvalue weighted by Crippen LogP contribution is 2.29. The molecule has 1 aliphatic heterocycles. The Morgan fingerprint density at radius 2 is 2.00 bits per heavy atom. The number of ketones is 1. The average molecular weight is 379 g/mol. The summed E-state index contributed by atoms with van der Waals surface area (Å²) in [6.07, 6.45) is 5.13. The zero-order chi connectivity index (χ0) is 19.8. The maximum atomic E-state index is 12.6. The molecule has 0 aliphatic carbocycles. The number of benzene rings is 2. The number of carbonyl (C=O) groups excluding carboxylic acids is 1. The lowest BCUT2D eigenvalue weighted by atomic mass is 9.96. The number of carbonyl (C=O) groups is 1. The van der Waals surface area contributed by atoms with E-state index in [0.29, 0.717) is 19.4 Å². The SMILES string of the molecule is C=C(CCC(=O)c1cccc(CCOCCC)c1)c1ccc2c(c1)OCCC2. The molecule has 28 heavy (non-hydrogen) atoms. The number of aryl methyl sites for hydroxylation is 1. The Labute approximate surface area is 168 Å². The van der Waals surface area contributed by atoms with Crippen LogP contribution in [0, 0.1) is 0 Å². The molecule has 3 rings (SSSR count). The summed E-state index contributed by atoms with van der Waals surface area (Å²) in [6.45, 7) is 8.55. The van der Waals surface area contributed by atoms with Crippen molar-refractivity contribution in [2.24, 2.45) is 0 Å². The van der Waals surface area contributed by atoms with E-state index in [1.54, 1.807) is 0 Å². The minimum absolute atomic E-state index is 0.159. The molecule has 3 nitrogen and oxygen atoms in total. The van der Waals surface area contributed by atoms with Gasteiger partial charge < -0.3 is 9.47 Å². The highest BCUT2D eigenvalue weighted by atomic mass is 16.5. The molecule has 0 spiro atoms. The first-order valence-electron chi connectivity index (χ1n) is 10.3. The predicted molar refractivity (Wildman–Crippen MR) is 114 cm³/mol. The first-order chi connectivity index (χ1) is 13.7. The zero-order valence-corrected chi connectivity index (χ0v) is 16.8. The van der Waals surface area contributed by atoms with E-state index in [9.17, 15) is 4.79 Å². The number of Topliss-reactive ketones (excluding diaryl/α,β-unsaturated/α-hetero) is 1. The Balaban J connectivity index is 1.54. The van der Waals surface area contributed by atoms with Crippen LogP contribution < -0.4 is 4.74 Å². The van der Waals surface area contributed by atoms with Gasteiger partial charge in [0.05, 0.1) is 13.2 Å². The second kappa shape index (κ2) is 10.2. The van der Waals surface area contributed by atoms with E-state index in [-0.39, 0.29) is 5.78 Å². The summed E-state index contributed by atoms with van der Waals surface area (Å²) in [5.41, 5.74) is 5.23. The molecular weight excluding hydrogens is 348 g/mol. The normalized spacial score (nSPS) is 12.9. The Morgan fingerprint density at radius 3 is 2.86 bits per heavy atom. The molecule has 3 heteroatoms. The van der Waals surface area contributed by atoms with E-state index < -0.39 is 0 Å².